The number of rotatable bonds is 4. The largest absolute Gasteiger partial charge is 0.367 e. The molecule has 1 aliphatic carbocycles. The molecule has 2 heterocycles. The summed E-state index contributed by atoms with van der Waals surface area (Å²) in [5.41, 5.74) is 6.49. The first kappa shape index (κ1) is 17.2. The number of aromatic nitrogens is 2. The highest BCUT2D eigenvalue weighted by atomic mass is 35.5. The first-order valence-electron chi connectivity index (χ1n) is 9.56. The summed E-state index contributed by atoms with van der Waals surface area (Å²) in [4.78, 5) is 9.45. The molecule has 0 aliphatic heterocycles. The molecule has 0 bridgehead atoms. The summed E-state index contributed by atoms with van der Waals surface area (Å²) in [6, 6.07) is 21.1. The van der Waals surface area contributed by atoms with Crippen molar-refractivity contribution in [1.82, 2.24) is 9.97 Å². The number of pyridine rings is 2. The second-order valence-corrected chi connectivity index (χ2v) is 7.85. The Bertz CT molecular complexity index is 1150. The highest BCUT2D eigenvalue weighted by Gasteiger charge is 2.21. The number of aryl methyl sites for hydroxylation is 1. The molecule has 138 valence electrons. The molecule has 5 rings (SSSR count). The maximum absolute atomic E-state index is 5.98. The van der Waals surface area contributed by atoms with Gasteiger partial charge in [-0.05, 0) is 67.3 Å². The van der Waals surface area contributed by atoms with E-state index in [9.17, 15) is 0 Å². The van der Waals surface area contributed by atoms with Gasteiger partial charge < -0.3 is 5.32 Å². The van der Waals surface area contributed by atoms with Crippen LogP contribution < -0.4 is 5.32 Å². The van der Waals surface area contributed by atoms with Gasteiger partial charge in [-0.1, -0.05) is 35.9 Å². The maximum Gasteiger partial charge on any atom is 0.127 e. The fraction of sp³-hybridized carbons (Fsp3) is 0.167. The van der Waals surface area contributed by atoms with Crippen molar-refractivity contribution in [2.45, 2.75) is 25.8 Å². The summed E-state index contributed by atoms with van der Waals surface area (Å²) in [5.74, 6) is 0.977. The molecule has 1 N–H and O–H groups in total. The average molecular weight is 386 g/mol. The lowest BCUT2D eigenvalue weighted by atomic mass is 10.0. The molecule has 4 heteroatoms. The molecule has 2 aromatic carbocycles. The molecule has 0 spiro atoms. The SMILES string of the molecule is Cc1cc(NC2CC2)nc2ccc(-c3ccc(-c4ccc(Cl)cc4)cn3)cc12. The van der Waals surface area contributed by atoms with Crippen molar-refractivity contribution in [2.75, 3.05) is 5.32 Å². The van der Waals surface area contributed by atoms with Gasteiger partial charge in [-0.15, -0.1) is 0 Å². The summed E-state index contributed by atoms with van der Waals surface area (Å²) in [7, 11) is 0. The Morgan fingerprint density at radius 2 is 1.64 bits per heavy atom. The summed E-state index contributed by atoms with van der Waals surface area (Å²) >= 11 is 5.98. The third-order valence-corrected chi connectivity index (χ3v) is 5.43. The predicted molar refractivity (Wildman–Crippen MR) is 117 cm³/mol. The van der Waals surface area contributed by atoms with Gasteiger partial charge in [0.25, 0.3) is 0 Å². The molecule has 0 atom stereocenters. The van der Waals surface area contributed by atoms with Gasteiger partial charge in [0.2, 0.25) is 0 Å². The second kappa shape index (κ2) is 6.92. The Hall–Kier alpha value is -2.91. The van der Waals surface area contributed by atoms with Gasteiger partial charge in [-0.2, -0.15) is 0 Å². The first-order chi connectivity index (χ1) is 13.7. The number of nitrogens with one attached hydrogen (secondary N) is 1. The lowest BCUT2D eigenvalue weighted by Gasteiger charge is -2.10. The van der Waals surface area contributed by atoms with Crippen LogP contribution in [0.2, 0.25) is 5.02 Å². The van der Waals surface area contributed by atoms with Gasteiger partial charge in [0.15, 0.2) is 0 Å². The van der Waals surface area contributed by atoms with Gasteiger partial charge in [-0.25, -0.2) is 4.98 Å². The van der Waals surface area contributed by atoms with Crippen molar-refractivity contribution in [2.24, 2.45) is 0 Å². The number of hydrogen-bond acceptors (Lipinski definition) is 3. The van der Waals surface area contributed by atoms with Crippen molar-refractivity contribution in [1.29, 1.82) is 0 Å². The summed E-state index contributed by atoms with van der Waals surface area (Å²) in [6.07, 6.45) is 4.40. The van der Waals surface area contributed by atoms with E-state index in [-0.39, 0.29) is 0 Å². The van der Waals surface area contributed by atoms with E-state index in [1.165, 1.54) is 23.8 Å². The van der Waals surface area contributed by atoms with Crippen LogP contribution in [0.3, 0.4) is 0 Å². The third-order valence-electron chi connectivity index (χ3n) is 5.18. The number of nitrogens with zero attached hydrogens (tertiary/aromatic N) is 2. The van der Waals surface area contributed by atoms with E-state index >= 15 is 0 Å². The minimum Gasteiger partial charge on any atom is -0.367 e. The number of fused-ring (bicyclic) bond motifs is 1. The Morgan fingerprint density at radius 3 is 2.36 bits per heavy atom. The van der Waals surface area contributed by atoms with Crippen LogP contribution in [0.5, 0.6) is 0 Å². The topological polar surface area (TPSA) is 37.8 Å². The highest BCUT2D eigenvalue weighted by Crippen LogP contribution is 2.30. The standard InChI is InChI=1S/C24H20ClN3/c1-15-12-24(27-20-8-9-20)28-23-11-4-17(13-21(15)23)22-10-5-18(14-26-22)16-2-6-19(25)7-3-16/h2-7,10-14,20H,8-9H2,1H3,(H,27,28). The van der Waals surface area contributed by atoms with E-state index in [1.54, 1.807) is 0 Å². The molecule has 2 aromatic heterocycles. The average Bonchev–Trinajstić information content (AvgIpc) is 3.53. The summed E-state index contributed by atoms with van der Waals surface area (Å²) in [5, 5.41) is 5.40. The maximum atomic E-state index is 5.98. The smallest absolute Gasteiger partial charge is 0.127 e. The molecule has 3 nitrogen and oxygen atoms in total. The van der Waals surface area contributed by atoms with E-state index in [0.29, 0.717) is 6.04 Å². The quantitative estimate of drug-likeness (QED) is 0.435. The Balaban J connectivity index is 1.46. The summed E-state index contributed by atoms with van der Waals surface area (Å²) < 4.78 is 0. The molecule has 1 saturated carbocycles. The fourth-order valence-electron chi connectivity index (χ4n) is 3.44. The Labute approximate surface area is 169 Å². The minimum atomic E-state index is 0.604. The molecule has 0 amide bonds. The van der Waals surface area contributed by atoms with Crippen LogP contribution in [0, 0.1) is 6.92 Å². The monoisotopic (exact) mass is 385 g/mol. The van der Waals surface area contributed by atoms with E-state index < -0.39 is 0 Å². The van der Waals surface area contributed by atoms with Crippen LogP contribution in [0.25, 0.3) is 33.3 Å². The molecule has 4 aromatic rings. The fourth-order valence-corrected chi connectivity index (χ4v) is 3.57. The molecular weight excluding hydrogens is 366 g/mol. The number of halogens is 1. The zero-order valence-electron chi connectivity index (χ0n) is 15.6. The first-order valence-corrected chi connectivity index (χ1v) is 9.94. The van der Waals surface area contributed by atoms with Crippen molar-refractivity contribution in [3.8, 4) is 22.4 Å². The molecule has 0 unspecified atom stereocenters. The van der Waals surface area contributed by atoms with Gasteiger partial charge in [-0.3, -0.25) is 4.98 Å². The zero-order chi connectivity index (χ0) is 19.1. The van der Waals surface area contributed by atoms with Gasteiger partial charge in [0, 0.05) is 33.8 Å². The molecule has 1 aliphatic rings. The van der Waals surface area contributed by atoms with Crippen LogP contribution in [-0.2, 0) is 0 Å². The van der Waals surface area contributed by atoms with Crippen LogP contribution in [-0.4, -0.2) is 16.0 Å². The second-order valence-electron chi connectivity index (χ2n) is 7.41. The van der Waals surface area contributed by atoms with Crippen LogP contribution in [0.1, 0.15) is 18.4 Å². The molecule has 28 heavy (non-hydrogen) atoms. The normalized spacial score (nSPS) is 13.6. The van der Waals surface area contributed by atoms with Crippen LogP contribution in [0.4, 0.5) is 5.82 Å². The van der Waals surface area contributed by atoms with Crippen LogP contribution in [0.15, 0.2) is 66.9 Å². The Morgan fingerprint density at radius 1 is 0.893 bits per heavy atom. The lowest BCUT2D eigenvalue weighted by molar-refractivity contribution is 1.12. The highest BCUT2D eigenvalue weighted by molar-refractivity contribution is 6.30. The van der Waals surface area contributed by atoms with E-state index in [0.717, 1.165) is 38.7 Å². The van der Waals surface area contributed by atoms with E-state index in [2.05, 4.69) is 53.6 Å². The van der Waals surface area contributed by atoms with E-state index in [4.69, 9.17) is 16.6 Å². The van der Waals surface area contributed by atoms with Crippen molar-refractivity contribution in [3.63, 3.8) is 0 Å². The number of anilines is 1. The third kappa shape index (κ3) is 3.46. The Kier molecular flexibility index (Phi) is 4.25. The van der Waals surface area contributed by atoms with Crippen molar-refractivity contribution in [3.05, 3.63) is 77.4 Å². The van der Waals surface area contributed by atoms with Crippen molar-refractivity contribution >= 4 is 28.3 Å². The van der Waals surface area contributed by atoms with Gasteiger partial charge in [0.05, 0.1) is 11.2 Å². The predicted octanol–water partition coefficient (Wildman–Crippen LogP) is 6.50. The van der Waals surface area contributed by atoms with Crippen molar-refractivity contribution < 1.29 is 0 Å². The molecule has 0 saturated heterocycles. The number of benzene rings is 2. The zero-order valence-corrected chi connectivity index (χ0v) is 16.4. The molecule has 0 radical (unpaired) electrons. The van der Waals surface area contributed by atoms with E-state index in [1.807, 2.05) is 30.5 Å². The van der Waals surface area contributed by atoms with Gasteiger partial charge in [0.1, 0.15) is 5.82 Å². The lowest BCUT2D eigenvalue weighted by Crippen LogP contribution is -2.03. The molecular formula is C24H20ClN3. The van der Waals surface area contributed by atoms with Gasteiger partial charge >= 0.3 is 0 Å². The minimum absolute atomic E-state index is 0.604. The van der Waals surface area contributed by atoms with Crippen LogP contribution >= 0.6 is 11.6 Å². The number of hydrogen-bond donors (Lipinski definition) is 1. The summed E-state index contributed by atoms with van der Waals surface area (Å²) in [6.45, 7) is 2.14. The molecule has 1 fully saturated rings.